The fourth-order valence-electron chi connectivity index (χ4n) is 1.93. The average Bonchev–Trinajstić information content (AvgIpc) is 2.36. The van der Waals surface area contributed by atoms with Crippen molar-refractivity contribution in [3.05, 3.63) is 0 Å². The zero-order chi connectivity index (χ0) is 14.1. The second kappa shape index (κ2) is 9.34. The number of hydrogen-bond donors (Lipinski definition) is 1. The van der Waals surface area contributed by atoms with Gasteiger partial charge in [-0.3, -0.25) is 4.79 Å². The summed E-state index contributed by atoms with van der Waals surface area (Å²) in [4.78, 5) is 16.6. The second-order valence-corrected chi connectivity index (χ2v) is 5.22. The summed E-state index contributed by atoms with van der Waals surface area (Å²) in [5, 5.41) is 3.03. The van der Waals surface area contributed by atoms with Crippen molar-refractivity contribution in [2.45, 2.75) is 40.7 Å². The Kier molecular flexibility index (Phi) is 9.02. The van der Waals surface area contributed by atoms with Crippen molar-refractivity contribution in [1.29, 1.82) is 0 Å². The van der Waals surface area contributed by atoms with Gasteiger partial charge < -0.3 is 15.1 Å². The van der Waals surface area contributed by atoms with Crippen LogP contribution in [0.1, 0.15) is 34.6 Å². The first-order valence-electron chi connectivity index (χ1n) is 7.14. The maximum Gasteiger partial charge on any atom is 0.239 e. The lowest BCUT2D eigenvalue weighted by atomic mass is 10.2. The highest BCUT2D eigenvalue weighted by molar-refractivity contribution is 5.81. The molecule has 0 fully saturated rings. The minimum atomic E-state index is -0.0968. The van der Waals surface area contributed by atoms with Crippen LogP contribution in [0.15, 0.2) is 0 Å². The normalized spacial score (nSPS) is 13.1. The van der Waals surface area contributed by atoms with Crippen LogP contribution in [-0.4, -0.2) is 61.5 Å². The maximum atomic E-state index is 12.2. The standard InChI is InChI=1S/C14H31N3O/c1-7-16(8-2)9-10-17(11-12(3)4)14(18)13(5)15-6/h12-13,15H,7-11H2,1-6H3. The molecule has 0 aliphatic carbocycles. The lowest BCUT2D eigenvalue weighted by molar-refractivity contribution is -0.133. The highest BCUT2D eigenvalue weighted by atomic mass is 16.2. The predicted octanol–water partition coefficient (Wildman–Crippen LogP) is 1.42. The summed E-state index contributed by atoms with van der Waals surface area (Å²) in [6, 6.07) is -0.0968. The van der Waals surface area contributed by atoms with Gasteiger partial charge in [-0.05, 0) is 33.0 Å². The lowest BCUT2D eigenvalue weighted by Crippen LogP contribution is -2.47. The van der Waals surface area contributed by atoms with Crippen molar-refractivity contribution >= 4 is 5.91 Å². The molecule has 1 unspecified atom stereocenters. The van der Waals surface area contributed by atoms with E-state index in [9.17, 15) is 4.79 Å². The van der Waals surface area contributed by atoms with Crippen molar-refractivity contribution in [2.24, 2.45) is 5.92 Å². The molecule has 18 heavy (non-hydrogen) atoms. The number of amides is 1. The Balaban J connectivity index is 4.44. The van der Waals surface area contributed by atoms with Gasteiger partial charge >= 0.3 is 0 Å². The third-order valence-corrected chi connectivity index (χ3v) is 3.28. The molecule has 1 atom stereocenters. The quantitative estimate of drug-likeness (QED) is 0.678. The molecule has 0 bridgehead atoms. The van der Waals surface area contributed by atoms with Crippen molar-refractivity contribution < 1.29 is 4.79 Å². The molecule has 1 N–H and O–H groups in total. The summed E-state index contributed by atoms with van der Waals surface area (Å²) in [5.41, 5.74) is 0. The van der Waals surface area contributed by atoms with Crippen LogP contribution in [-0.2, 0) is 4.79 Å². The van der Waals surface area contributed by atoms with E-state index in [4.69, 9.17) is 0 Å². The zero-order valence-electron chi connectivity index (χ0n) is 13.0. The molecule has 0 heterocycles. The molecular formula is C14H31N3O. The van der Waals surface area contributed by atoms with E-state index < -0.39 is 0 Å². The summed E-state index contributed by atoms with van der Waals surface area (Å²) >= 11 is 0. The Bertz CT molecular complexity index is 227. The van der Waals surface area contributed by atoms with Crippen LogP contribution < -0.4 is 5.32 Å². The number of nitrogens with one attached hydrogen (secondary N) is 1. The minimum absolute atomic E-state index is 0.0968. The minimum Gasteiger partial charge on any atom is -0.340 e. The van der Waals surface area contributed by atoms with Gasteiger partial charge in [0, 0.05) is 19.6 Å². The predicted molar refractivity (Wildman–Crippen MR) is 77.7 cm³/mol. The van der Waals surface area contributed by atoms with Crippen LogP contribution in [0.5, 0.6) is 0 Å². The molecule has 0 spiro atoms. The molecule has 0 aliphatic heterocycles. The van der Waals surface area contributed by atoms with Crippen LogP contribution in [0.3, 0.4) is 0 Å². The second-order valence-electron chi connectivity index (χ2n) is 5.22. The van der Waals surface area contributed by atoms with E-state index >= 15 is 0 Å². The molecular weight excluding hydrogens is 226 g/mol. The fraction of sp³-hybridized carbons (Fsp3) is 0.929. The SMILES string of the molecule is CCN(CC)CCN(CC(C)C)C(=O)C(C)NC. The molecule has 0 aromatic heterocycles. The third-order valence-electron chi connectivity index (χ3n) is 3.28. The van der Waals surface area contributed by atoms with Gasteiger partial charge in [0.05, 0.1) is 6.04 Å². The summed E-state index contributed by atoms with van der Waals surface area (Å²) in [7, 11) is 1.83. The number of rotatable bonds is 9. The first-order chi connectivity index (χ1) is 8.46. The first kappa shape index (κ1) is 17.4. The molecule has 4 heteroatoms. The molecule has 0 aromatic rings. The lowest BCUT2D eigenvalue weighted by Gasteiger charge is -2.29. The number of likely N-dealkylation sites (N-methyl/N-ethyl adjacent to an activating group) is 2. The molecule has 0 rings (SSSR count). The number of nitrogens with zero attached hydrogens (tertiary/aromatic N) is 2. The number of hydrogen-bond acceptors (Lipinski definition) is 3. The van der Waals surface area contributed by atoms with Gasteiger partial charge in [0.2, 0.25) is 5.91 Å². The van der Waals surface area contributed by atoms with Crippen molar-refractivity contribution in [2.75, 3.05) is 39.8 Å². The Hall–Kier alpha value is -0.610. The molecule has 0 aliphatic rings. The van der Waals surface area contributed by atoms with Crippen LogP contribution in [0.25, 0.3) is 0 Å². The molecule has 0 saturated carbocycles. The van der Waals surface area contributed by atoms with E-state index in [1.54, 1.807) is 0 Å². The van der Waals surface area contributed by atoms with Gasteiger partial charge in [-0.25, -0.2) is 0 Å². The van der Waals surface area contributed by atoms with Gasteiger partial charge in [0.15, 0.2) is 0 Å². The van der Waals surface area contributed by atoms with Crippen LogP contribution in [0.2, 0.25) is 0 Å². The smallest absolute Gasteiger partial charge is 0.239 e. The van der Waals surface area contributed by atoms with E-state index in [1.807, 2.05) is 18.9 Å². The maximum absolute atomic E-state index is 12.2. The van der Waals surface area contributed by atoms with Gasteiger partial charge in [0.1, 0.15) is 0 Å². The summed E-state index contributed by atoms with van der Waals surface area (Å²) < 4.78 is 0. The van der Waals surface area contributed by atoms with Crippen LogP contribution in [0.4, 0.5) is 0 Å². The Morgan fingerprint density at radius 1 is 1.11 bits per heavy atom. The van der Waals surface area contributed by atoms with E-state index in [2.05, 4.69) is 37.9 Å². The van der Waals surface area contributed by atoms with Crippen molar-refractivity contribution in [3.63, 3.8) is 0 Å². The Labute approximate surface area is 113 Å². The van der Waals surface area contributed by atoms with Crippen molar-refractivity contribution in [3.8, 4) is 0 Å². The van der Waals surface area contributed by atoms with Crippen molar-refractivity contribution in [1.82, 2.24) is 15.1 Å². The molecule has 108 valence electrons. The number of carbonyl (C=O) groups is 1. The van der Waals surface area contributed by atoms with Gasteiger partial charge in [-0.15, -0.1) is 0 Å². The van der Waals surface area contributed by atoms with Gasteiger partial charge in [-0.1, -0.05) is 27.7 Å². The third kappa shape index (κ3) is 6.36. The monoisotopic (exact) mass is 257 g/mol. The largest absolute Gasteiger partial charge is 0.340 e. The average molecular weight is 257 g/mol. The number of carbonyl (C=O) groups excluding carboxylic acids is 1. The topological polar surface area (TPSA) is 35.6 Å². The van der Waals surface area contributed by atoms with E-state index in [-0.39, 0.29) is 11.9 Å². The molecule has 0 saturated heterocycles. The molecule has 0 radical (unpaired) electrons. The van der Waals surface area contributed by atoms with Gasteiger partial charge in [-0.2, -0.15) is 0 Å². The first-order valence-corrected chi connectivity index (χ1v) is 7.14. The summed E-state index contributed by atoms with van der Waals surface area (Å²) in [6.45, 7) is 15.3. The summed E-state index contributed by atoms with van der Waals surface area (Å²) in [6.07, 6.45) is 0. The molecule has 0 aromatic carbocycles. The van der Waals surface area contributed by atoms with Crippen LogP contribution in [0, 0.1) is 5.92 Å². The highest BCUT2D eigenvalue weighted by Crippen LogP contribution is 2.03. The van der Waals surface area contributed by atoms with E-state index in [1.165, 1.54) is 0 Å². The molecule has 1 amide bonds. The van der Waals surface area contributed by atoms with E-state index in [0.29, 0.717) is 5.92 Å². The summed E-state index contributed by atoms with van der Waals surface area (Å²) in [5.74, 6) is 0.716. The zero-order valence-corrected chi connectivity index (χ0v) is 13.0. The highest BCUT2D eigenvalue weighted by Gasteiger charge is 2.20. The molecule has 4 nitrogen and oxygen atoms in total. The van der Waals surface area contributed by atoms with Crippen LogP contribution >= 0.6 is 0 Å². The van der Waals surface area contributed by atoms with Gasteiger partial charge in [0.25, 0.3) is 0 Å². The Morgan fingerprint density at radius 2 is 1.67 bits per heavy atom. The fourth-order valence-corrected chi connectivity index (χ4v) is 1.93. The Morgan fingerprint density at radius 3 is 2.06 bits per heavy atom. The van der Waals surface area contributed by atoms with E-state index in [0.717, 1.165) is 32.7 Å².